The highest BCUT2D eigenvalue weighted by atomic mass is 16.5. The smallest absolute Gasteiger partial charge is 0.224 e. The van der Waals surface area contributed by atoms with Gasteiger partial charge in [0.15, 0.2) is 0 Å². The molecule has 0 bridgehead atoms. The molecule has 3 heterocycles. The Morgan fingerprint density at radius 1 is 1.21 bits per heavy atom. The summed E-state index contributed by atoms with van der Waals surface area (Å²) < 4.78 is 11.2. The molecule has 1 aromatic heterocycles. The fourth-order valence-electron chi connectivity index (χ4n) is 3.97. The first kappa shape index (κ1) is 18.9. The summed E-state index contributed by atoms with van der Waals surface area (Å²) in [6.07, 6.45) is 1.63. The molecule has 0 saturated carbocycles. The SMILES string of the molecule is COc1ncnc2ccc(N3CCN(CC4CN(C(C)=O)CCO4)CC3)cc12. The highest BCUT2D eigenvalue weighted by Crippen LogP contribution is 2.27. The Labute approximate surface area is 165 Å². The van der Waals surface area contributed by atoms with Crippen LogP contribution in [0.15, 0.2) is 24.5 Å². The van der Waals surface area contributed by atoms with Crippen LogP contribution in [0.25, 0.3) is 10.9 Å². The van der Waals surface area contributed by atoms with Crippen LogP contribution in [0.1, 0.15) is 6.92 Å². The number of carbonyl (C=O) groups is 1. The van der Waals surface area contributed by atoms with Gasteiger partial charge in [0.1, 0.15) is 6.33 Å². The lowest BCUT2D eigenvalue weighted by molar-refractivity contribution is -0.137. The molecule has 8 heteroatoms. The predicted octanol–water partition coefficient (Wildman–Crippen LogP) is 1.01. The summed E-state index contributed by atoms with van der Waals surface area (Å²) in [6, 6.07) is 6.24. The van der Waals surface area contributed by atoms with Gasteiger partial charge < -0.3 is 19.3 Å². The standard InChI is InChI=1S/C20H27N5O3/c1-15(26)25-9-10-28-17(13-25)12-23-5-7-24(8-6-23)16-3-4-19-18(11-16)20(27-2)22-14-21-19/h3-4,11,14,17H,5-10,12-13H2,1-2H3. The number of rotatable bonds is 4. The summed E-state index contributed by atoms with van der Waals surface area (Å²) in [5.74, 6) is 0.740. The van der Waals surface area contributed by atoms with E-state index in [1.54, 1.807) is 14.0 Å². The summed E-state index contributed by atoms with van der Waals surface area (Å²) in [7, 11) is 1.63. The number of amides is 1. The highest BCUT2D eigenvalue weighted by Gasteiger charge is 2.26. The number of methoxy groups -OCH3 is 1. The third-order valence-electron chi connectivity index (χ3n) is 5.56. The summed E-state index contributed by atoms with van der Waals surface area (Å²) in [6.45, 7) is 8.37. The zero-order valence-corrected chi connectivity index (χ0v) is 16.5. The number of carbonyl (C=O) groups excluding carboxylic acids is 1. The van der Waals surface area contributed by atoms with Crippen LogP contribution >= 0.6 is 0 Å². The van der Waals surface area contributed by atoms with Crippen LogP contribution in [-0.2, 0) is 9.53 Å². The first-order chi connectivity index (χ1) is 13.6. The first-order valence-corrected chi connectivity index (χ1v) is 9.77. The number of benzene rings is 1. The van der Waals surface area contributed by atoms with Crippen molar-refractivity contribution in [1.29, 1.82) is 0 Å². The average Bonchev–Trinajstić information content (AvgIpc) is 2.73. The highest BCUT2D eigenvalue weighted by molar-refractivity contribution is 5.86. The van der Waals surface area contributed by atoms with E-state index in [0.29, 0.717) is 25.6 Å². The average molecular weight is 385 g/mol. The number of hydrogen-bond acceptors (Lipinski definition) is 7. The third-order valence-corrected chi connectivity index (χ3v) is 5.56. The van der Waals surface area contributed by atoms with Crippen LogP contribution in [-0.4, -0.2) is 91.3 Å². The van der Waals surface area contributed by atoms with Crippen molar-refractivity contribution in [2.75, 3.05) is 64.4 Å². The molecule has 2 fully saturated rings. The van der Waals surface area contributed by atoms with E-state index in [9.17, 15) is 4.79 Å². The van der Waals surface area contributed by atoms with Gasteiger partial charge in [-0.15, -0.1) is 0 Å². The van der Waals surface area contributed by atoms with Crippen molar-refractivity contribution < 1.29 is 14.3 Å². The quantitative estimate of drug-likeness (QED) is 0.778. The van der Waals surface area contributed by atoms with E-state index < -0.39 is 0 Å². The van der Waals surface area contributed by atoms with Crippen molar-refractivity contribution in [3.63, 3.8) is 0 Å². The monoisotopic (exact) mass is 385 g/mol. The zero-order valence-electron chi connectivity index (χ0n) is 16.5. The minimum atomic E-state index is 0.103. The predicted molar refractivity (Wildman–Crippen MR) is 107 cm³/mol. The Kier molecular flexibility index (Phi) is 5.59. The second-order valence-electron chi connectivity index (χ2n) is 7.33. The summed E-state index contributed by atoms with van der Waals surface area (Å²) in [4.78, 5) is 26.8. The number of fused-ring (bicyclic) bond motifs is 1. The minimum absolute atomic E-state index is 0.103. The normalized spacial score (nSPS) is 21.1. The molecule has 1 amide bonds. The molecule has 0 N–H and O–H groups in total. The molecule has 28 heavy (non-hydrogen) atoms. The van der Waals surface area contributed by atoms with Crippen molar-refractivity contribution >= 4 is 22.5 Å². The van der Waals surface area contributed by atoms with E-state index in [1.807, 2.05) is 11.0 Å². The fraction of sp³-hybridized carbons (Fsp3) is 0.550. The van der Waals surface area contributed by atoms with Crippen LogP contribution in [0.5, 0.6) is 5.88 Å². The topological polar surface area (TPSA) is 71.0 Å². The van der Waals surface area contributed by atoms with E-state index in [0.717, 1.165) is 49.3 Å². The first-order valence-electron chi connectivity index (χ1n) is 9.77. The summed E-state index contributed by atoms with van der Waals surface area (Å²) >= 11 is 0. The second kappa shape index (κ2) is 8.28. The lowest BCUT2D eigenvalue weighted by Crippen LogP contribution is -2.53. The van der Waals surface area contributed by atoms with Gasteiger partial charge >= 0.3 is 0 Å². The number of aromatic nitrogens is 2. The number of hydrogen-bond donors (Lipinski definition) is 0. The number of morpholine rings is 1. The van der Waals surface area contributed by atoms with E-state index in [4.69, 9.17) is 9.47 Å². The molecule has 1 atom stereocenters. The van der Waals surface area contributed by atoms with E-state index in [-0.39, 0.29) is 12.0 Å². The van der Waals surface area contributed by atoms with Gasteiger partial charge in [-0.1, -0.05) is 0 Å². The van der Waals surface area contributed by atoms with Gasteiger partial charge in [0.25, 0.3) is 0 Å². The maximum absolute atomic E-state index is 11.6. The van der Waals surface area contributed by atoms with Crippen molar-refractivity contribution in [3.05, 3.63) is 24.5 Å². The Bertz CT molecular complexity index is 838. The number of nitrogens with zero attached hydrogens (tertiary/aromatic N) is 5. The zero-order chi connectivity index (χ0) is 19.5. The Hall–Kier alpha value is -2.45. The molecule has 0 aliphatic carbocycles. The largest absolute Gasteiger partial charge is 0.480 e. The molecule has 4 rings (SSSR count). The Balaban J connectivity index is 1.36. The van der Waals surface area contributed by atoms with Crippen LogP contribution in [0.2, 0.25) is 0 Å². The van der Waals surface area contributed by atoms with E-state index in [1.165, 1.54) is 6.33 Å². The van der Waals surface area contributed by atoms with Crippen molar-refractivity contribution in [3.8, 4) is 5.88 Å². The van der Waals surface area contributed by atoms with Gasteiger partial charge in [-0.05, 0) is 18.2 Å². The molecular formula is C20H27N5O3. The maximum atomic E-state index is 11.6. The molecule has 8 nitrogen and oxygen atoms in total. The summed E-state index contributed by atoms with van der Waals surface area (Å²) in [5, 5.41) is 0.935. The minimum Gasteiger partial charge on any atom is -0.480 e. The molecule has 1 unspecified atom stereocenters. The number of anilines is 1. The van der Waals surface area contributed by atoms with Crippen molar-refractivity contribution in [2.24, 2.45) is 0 Å². The molecule has 2 saturated heterocycles. The van der Waals surface area contributed by atoms with Crippen LogP contribution < -0.4 is 9.64 Å². The van der Waals surface area contributed by atoms with Crippen LogP contribution in [0.4, 0.5) is 5.69 Å². The lowest BCUT2D eigenvalue weighted by atomic mass is 10.1. The van der Waals surface area contributed by atoms with E-state index in [2.05, 4.69) is 31.9 Å². The van der Waals surface area contributed by atoms with Gasteiger partial charge in [0.05, 0.1) is 30.7 Å². The summed E-state index contributed by atoms with van der Waals surface area (Å²) in [5.41, 5.74) is 2.05. The molecule has 1 aromatic carbocycles. The van der Waals surface area contributed by atoms with Crippen molar-refractivity contribution in [1.82, 2.24) is 19.8 Å². The van der Waals surface area contributed by atoms with Gasteiger partial charge in [-0.2, -0.15) is 0 Å². The van der Waals surface area contributed by atoms with Gasteiger partial charge in [0.2, 0.25) is 11.8 Å². The van der Waals surface area contributed by atoms with Gasteiger partial charge in [-0.3, -0.25) is 9.69 Å². The van der Waals surface area contributed by atoms with Gasteiger partial charge in [0, 0.05) is 58.4 Å². The third kappa shape index (κ3) is 4.02. The van der Waals surface area contributed by atoms with E-state index >= 15 is 0 Å². The van der Waals surface area contributed by atoms with Crippen molar-refractivity contribution in [2.45, 2.75) is 13.0 Å². The fourth-order valence-corrected chi connectivity index (χ4v) is 3.97. The Morgan fingerprint density at radius 3 is 2.79 bits per heavy atom. The Morgan fingerprint density at radius 2 is 2.04 bits per heavy atom. The van der Waals surface area contributed by atoms with Crippen LogP contribution in [0, 0.1) is 0 Å². The molecule has 2 aliphatic heterocycles. The van der Waals surface area contributed by atoms with Gasteiger partial charge in [-0.25, -0.2) is 9.97 Å². The number of ether oxygens (including phenoxy) is 2. The molecule has 2 aliphatic rings. The maximum Gasteiger partial charge on any atom is 0.224 e. The molecule has 0 spiro atoms. The molecule has 150 valence electrons. The molecule has 2 aromatic rings. The molecule has 0 radical (unpaired) electrons. The second-order valence-corrected chi connectivity index (χ2v) is 7.33. The molecular weight excluding hydrogens is 358 g/mol. The lowest BCUT2D eigenvalue weighted by Gasteiger charge is -2.39. The number of piperazine rings is 1. The van der Waals surface area contributed by atoms with Crippen LogP contribution in [0.3, 0.4) is 0 Å².